The number of para-hydroxylation sites is 1. The predicted octanol–water partition coefficient (Wildman–Crippen LogP) is 14.1. The maximum atomic E-state index is 6.70. The molecular weight excluding hydrogens is 703 g/mol. The van der Waals surface area contributed by atoms with Crippen molar-refractivity contribution >= 4 is 53.4 Å². The Morgan fingerprint density at radius 2 is 1.09 bits per heavy atom. The van der Waals surface area contributed by atoms with Gasteiger partial charge in [0.1, 0.15) is 11.2 Å². The smallest absolute Gasteiger partial charge is 0.160 e. The van der Waals surface area contributed by atoms with Gasteiger partial charge in [0.15, 0.2) is 5.82 Å². The number of hydrogen-bond acceptors (Lipinski definition) is 5. The molecule has 0 N–H and O–H groups in total. The van der Waals surface area contributed by atoms with Gasteiger partial charge in [-0.05, 0) is 58.7 Å². The van der Waals surface area contributed by atoms with E-state index in [1.807, 2.05) is 47.9 Å². The lowest BCUT2D eigenvalue weighted by Crippen LogP contribution is -1.97. The van der Waals surface area contributed by atoms with Gasteiger partial charge in [0.05, 0.1) is 11.4 Å². The molecule has 7 aromatic carbocycles. The molecule has 0 aliphatic heterocycles. The average Bonchev–Trinajstić information content (AvgIpc) is 3.85. The molecule has 0 fully saturated rings. The molecule has 0 aliphatic rings. The summed E-state index contributed by atoms with van der Waals surface area (Å²) in [6, 6.07) is 61.6. The SMILES string of the molecule is c1ccc(-c2cc(-c3ccccc3-c3cccnc3)nc(-c3ccc(-c4ccc(-c5ccc6c(c5)sc5ccccc56)c5c4oc4ccccc45)cc3)n2)cc1. The summed E-state index contributed by atoms with van der Waals surface area (Å²) >= 11 is 1.84. The van der Waals surface area contributed by atoms with Crippen molar-refractivity contribution in [2.24, 2.45) is 0 Å². The van der Waals surface area contributed by atoms with Crippen LogP contribution in [0.2, 0.25) is 0 Å². The fourth-order valence-electron chi connectivity index (χ4n) is 7.94. The standard InChI is InChI=1S/C51H31N3OS/c1-2-11-33(12-3-1)44-30-45(40-15-5-4-14-37(40)36-13-10-28-52-31-36)54-51(53-44)34-22-20-32(21-23-34)39-27-26-38(49-43-17-6-8-18-46(43)55-50(39)49)35-24-25-42-41-16-7-9-19-47(41)56-48(42)29-35/h1-31H. The first-order valence-electron chi connectivity index (χ1n) is 18.7. The molecule has 5 heteroatoms. The Hall–Kier alpha value is -7.21. The Kier molecular flexibility index (Phi) is 7.64. The summed E-state index contributed by atoms with van der Waals surface area (Å²) in [6.07, 6.45) is 3.69. The number of aromatic nitrogens is 3. The molecule has 0 spiro atoms. The lowest BCUT2D eigenvalue weighted by Gasteiger charge is -2.13. The van der Waals surface area contributed by atoms with E-state index in [-0.39, 0.29) is 0 Å². The van der Waals surface area contributed by atoms with Crippen molar-refractivity contribution in [3.05, 3.63) is 188 Å². The summed E-state index contributed by atoms with van der Waals surface area (Å²) < 4.78 is 9.29. The first-order chi connectivity index (χ1) is 27.7. The van der Waals surface area contributed by atoms with Crippen molar-refractivity contribution < 1.29 is 4.42 Å². The summed E-state index contributed by atoms with van der Waals surface area (Å²) in [4.78, 5) is 14.7. The minimum absolute atomic E-state index is 0.662. The van der Waals surface area contributed by atoms with Crippen molar-refractivity contribution in [1.82, 2.24) is 15.0 Å². The van der Waals surface area contributed by atoms with Crippen molar-refractivity contribution in [2.75, 3.05) is 0 Å². The second-order valence-corrected chi connectivity index (χ2v) is 15.0. The van der Waals surface area contributed by atoms with Gasteiger partial charge in [0, 0.05) is 71.2 Å². The molecule has 4 nitrogen and oxygen atoms in total. The molecular formula is C51H31N3OS. The molecule has 0 saturated heterocycles. The summed E-state index contributed by atoms with van der Waals surface area (Å²) in [5.41, 5.74) is 13.0. The normalized spacial score (nSPS) is 11.6. The lowest BCUT2D eigenvalue weighted by atomic mass is 9.94. The van der Waals surface area contributed by atoms with Crippen LogP contribution in [-0.4, -0.2) is 15.0 Å². The molecule has 0 bridgehead atoms. The molecule has 0 saturated carbocycles. The number of thiophene rings is 1. The summed E-state index contributed by atoms with van der Waals surface area (Å²) in [7, 11) is 0. The van der Waals surface area contributed by atoms with E-state index in [4.69, 9.17) is 14.4 Å². The zero-order valence-corrected chi connectivity index (χ0v) is 30.9. The Morgan fingerprint density at radius 3 is 1.95 bits per heavy atom. The number of fused-ring (bicyclic) bond motifs is 6. The highest BCUT2D eigenvalue weighted by Crippen LogP contribution is 2.44. The quantitative estimate of drug-likeness (QED) is 0.171. The van der Waals surface area contributed by atoms with Crippen molar-refractivity contribution in [1.29, 1.82) is 0 Å². The number of hydrogen-bond donors (Lipinski definition) is 0. The third-order valence-corrected chi connectivity index (χ3v) is 11.8. The number of pyridine rings is 1. The van der Waals surface area contributed by atoms with Crippen LogP contribution in [0.15, 0.2) is 193 Å². The van der Waals surface area contributed by atoms with Crippen LogP contribution in [0.5, 0.6) is 0 Å². The zero-order valence-electron chi connectivity index (χ0n) is 30.1. The Morgan fingerprint density at radius 1 is 0.411 bits per heavy atom. The maximum absolute atomic E-state index is 6.70. The fraction of sp³-hybridized carbons (Fsp3) is 0. The van der Waals surface area contributed by atoms with Crippen molar-refractivity contribution in [3.8, 4) is 67.3 Å². The molecule has 56 heavy (non-hydrogen) atoms. The van der Waals surface area contributed by atoms with E-state index >= 15 is 0 Å². The van der Waals surface area contributed by atoms with Crippen molar-refractivity contribution in [3.63, 3.8) is 0 Å². The molecule has 0 atom stereocenters. The van der Waals surface area contributed by atoms with E-state index in [2.05, 4.69) is 151 Å². The van der Waals surface area contributed by atoms with Gasteiger partial charge in [-0.1, -0.05) is 140 Å². The first-order valence-corrected chi connectivity index (χ1v) is 19.5. The zero-order chi connectivity index (χ0) is 37.0. The monoisotopic (exact) mass is 733 g/mol. The van der Waals surface area contributed by atoms with Crippen LogP contribution in [0.1, 0.15) is 0 Å². The van der Waals surface area contributed by atoms with E-state index in [0.717, 1.165) is 77.8 Å². The second kappa shape index (κ2) is 13.3. The summed E-state index contributed by atoms with van der Waals surface area (Å²) in [5, 5.41) is 4.83. The van der Waals surface area contributed by atoms with Gasteiger partial charge in [-0.2, -0.15) is 0 Å². The highest BCUT2D eigenvalue weighted by atomic mass is 32.1. The van der Waals surface area contributed by atoms with E-state index < -0.39 is 0 Å². The number of rotatable bonds is 6. The largest absolute Gasteiger partial charge is 0.455 e. The van der Waals surface area contributed by atoms with Gasteiger partial charge in [0.25, 0.3) is 0 Å². The molecule has 4 heterocycles. The average molecular weight is 734 g/mol. The number of furan rings is 1. The third kappa shape index (κ3) is 5.48. The molecule has 11 rings (SSSR count). The van der Waals surface area contributed by atoms with Crippen molar-refractivity contribution in [2.45, 2.75) is 0 Å². The number of nitrogens with zero attached hydrogens (tertiary/aromatic N) is 3. The molecule has 0 amide bonds. The van der Waals surface area contributed by atoms with Crippen LogP contribution >= 0.6 is 11.3 Å². The van der Waals surface area contributed by atoms with Gasteiger partial charge in [-0.3, -0.25) is 4.98 Å². The highest BCUT2D eigenvalue weighted by molar-refractivity contribution is 7.25. The Labute approximate surface area is 327 Å². The molecule has 0 aliphatic carbocycles. The topological polar surface area (TPSA) is 51.8 Å². The van der Waals surface area contributed by atoms with Crippen LogP contribution in [-0.2, 0) is 0 Å². The van der Waals surface area contributed by atoms with Gasteiger partial charge in [0.2, 0.25) is 0 Å². The lowest BCUT2D eigenvalue weighted by molar-refractivity contribution is 0.670. The van der Waals surface area contributed by atoms with Crippen LogP contribution < -0.4 is 0 Å². The number of benzene rings is 7. The van der Waals surface area contributed by atoms with Crippen LogP contribution in [0, 0.1) is 0 Å². The van der Waals surface area contributed by atoms with Crippen LogP contribution in [0.25, 0.3) is 109 Å². The van der Waals surface area contributed by atoms with E-state index in [0.29, 0.717) is 5.82 Å². The molecule has 262 valence electrons. The van der Waals surface area contributed by atoms with Gasteiger partial charge in [-0.25, -0.2) is 9.97 Å². The minimum atomic E-state index is 0.662. The van der Waals surface area contributed by atoms with E-state index in [1.54, 1.807) is 6.20 Å². The molecule has 4 aromatic heterocycles. The summed E-state index contributed by atoms with van der Waals surface area (Å²) in [5.74, 6) is 0.662. The van der Waals surface area contributed by atoms with Crippen LogP contribution in [0.4, 0.5) is 0 Å². The molecule has 0 radical (unpaired) electrons. The van der Waals surface area contributed by atoms with E-state index in [9.17, 15) is 0 Å². The Bertz CT molecular complexity index is 3240. The Balaban J connectivity index is 1.03. The maximum Gasteiger partial charge on any atom is 0.160 e. The summed E-state index contributed by atoms with van der Waals surface area (Å²) in [6.45, 7) is 0. The van der Waals surface area contributed by atoms with Gasteiger partial charge < -0.3 is 4.42 Å². The van der Waals surface area contributed by atoms with E-state index in [1.165, 1.54) is 25.7 Å². The minimum Gasteiger partial charge on any atom is -0.455 e. The van der Waals surface area contributed by atoms with Gasteiger partial charge in [-0.15, -0.1) is 11.3 Å². The molecule has 0 unspecified atom stereocenters. The fourth-order valence-corrected chi connectivity index (χ4v) is 9.09. The highest BCUT2D eigenvalue weighted by Gasteiger charge is 2.19. The first kappa shape index (κ1) is 32.2. The van der Waals surface area contributed by atoms with Crippen LogP contribution in [0.3, 0.4) is 0 Å². The predicted molar refractivity (Wildman–Crippen MR) is 233 cm³/mol. The van der Waals surface area contributed by atoms with Gasteiger partial charge >= 0.3 is 0 Å². The molecule has 11 aromatic rings. The second-order valence-electron chi connectivity index (χ2n) is 14.0. The third-order valence-electron chi connectivity index (χ3n) is 10.6.